The van der Waals surface area contributed by atoms with Crippen molar-refractivity contribution in [2.24, 2.45) is 0 Å². The first-order valence-electron chi connectivity index (χ1n) is 7.80. The number of carbonyl (C=O) groups is 1. The van der Waals surface area contributed by atoms with E-state index in [4.69, 9.17) is 10.2 Å². The largest absolute Gasteiger partial charge is 0.465 e. The van der Waals surface area contributed by atoms with Crippen LogP contribution in [0.1, 0.15) is 29.7 Å². The Kier molecular flexibility index (Phi) is 7.03. The van der Waals surface area contributed by atoms with Crippen molar-refractivity contribution < 1.29 is 15.0 Å². The van der Waals surface area contributed by atoms with Crippen molar-refractivity contribution in [3.8, 4) is 10.6 Å². The fourth-order valence-corrected chi connectivity index (χ4v) is 3.23. The monoisotopic (exact) mass is 334 g/mol. The average Bonchev–Trinajstić information content (AvgIpc) is 3.02. The molecule has 1 amide bonds. The standard InChI is InChI=1S/C17H22N2O3S/c20-11-3-5-15-12-19-16(23-15)14-8-6-13(7-9-14)4-1-2-10-18-17(21)22/h6-9,12,18,20H,1-5,10-11H2,(H,21,22). The van der Waals surface area contributed by atoms with E-state index < -0.39 is 6.09 Å². The molecule has 0 saturated heterocycles. The Morgan fingerprint density at radius 1 is 1.13 bits per heavy atom. The Labute approximate surface area is 140 Å². The lowest BCUT2D eigenvalue weighted by atomic mass is 10.1. The summed E-state index contributed by atoms with van der Waals surface area (Å²) in [7, 11) is 0. The fourth-order valence-electron chi connectivity index (χ4n) is 2.27. The van der Waals surface area contributed by atoms with Gasteiger partial charge in [0.05, 0.1) is 0 Å². The van der Waals surface area contributed by atoms with Crippen LogP contribution in [0.3, 0.4) is 0 Å². The van der Waals surface area contributed by atoms with Crippen molar-refractivity contribution in [1.29, 1.82) is 0 Å². The molecule has 0 aliphatic rings. The highest BCUT2D eigenvalue weighted by Crippen LogP contribution is 2.26. The summed E-state index contributed by atoms with van der Waals surface area (Å²) >= 11 is 1.67. The number of unbranched alkanes of at least 4 members (excludes halogenated alkanes) is 1. The number of nitrogens with one attached hydrogen (secondary N) is 1. The van der Waals surface area contributed by atoms with Gasteiger partial charge in [-0.05, 0) is 37.7 Å². The number of thiazole rings is 1. The van der Waals surface area contributed by atoms with Crippen LogP contribution in [-0.4, -0.2) is 34.4 Å². The number of nitrogens with zero attached hydrogens (tertiary/aromatic N) is 1. The van der Waals surface area contributed by atoms with Crippen LogP contribution in [0.15, 0.2) is 30.5 Å². The van der Waals surface area contributed by atoms with Gasteiger partial charge >= 0.3 is 6.09 Å². The van der Waals surface area contributed by atoms with Gasteiger partial charge in [0.15, 0.2) is 0 Å². The van der Waals surface area contributed by atoms with E-state index in [1.807, 2.05) is 6.20 Å². The zero-order valence-corrected chi connectivity index (χ0v) is 13.8. The first-order valence-corrected chi connectivity index (χ1v) is 8.62. The van der Waals surface area contributed by atoms with Crippen LogP contribution in [0.5, 0.6) is 0 Å². The summed E-state index contributed by atoms with van der Waals surface area (Å²) in [6, 6.07) is 8.38. The Hall–Kier alpha value is -1.92. The first kappa shape index (κ1) is 17.4. The molecular weight excluding hydrogens is 312 g/mol. The zero-order valence-electron chi connectivity index (χ0n) is 13.0. The molecule has 6 heteroatoms. The highest BCUT2D eigenvalue weighted by Gasteiger charge is 2.05. The SMILES string of the molecule is O=C(O)NCCCCc1ccc(-c2ncc(CCCO)s2)cc1. The van der Waals surface area contributed by atoms with Crippen molar-refractivity contribution >= 4 is 17.4 Å². The molecule has 5 nitrogen and oxygen atoms in total. The second kappa shape index (κ2) is 9.27. The molecule has 1 heterocycles. The summed E-state index contributed by atoms with van der Waals surface area (Å²) in [6.07, 6.45) is 5.32. The third-order valence-electron chi connectivity index (χ3n) is 3.50. The Bertz CT molecular complexity index is 611. The van der Waals surface area contributed by atoms with Crippen LogP contribution in [0.4, 0.5) is 4.79 Å². The quantitative estimate of drug-likeness (QED) is 0.614. The molecule has 0 spiro atoms. The number of hydrogen-bond donors (Lipinski definition) is 3. The zero-order chi connectivity index (χ0) is 16.5. The van der Waals surface area contributed by atoms with Crippen molar-refractivity contribution in [3.63, 3.8) is 0 Å². The molecule has 3 N–H and O–H groups in total. The molecule has 0 aliphatic carbocycles. The van der Waals surface area contributed by atoms with Gasteiger partial charge in [-0.15, -0.1) is 11.3 Å². The van der Waals surface area contributed by atoms with Crippen LogP contribution >= 0.6 is 11.3 Å². The number of aliphatic hydroxyl groups excluding tert-OH is 1. The summed E-state index contributed by atoms with van der Waals surface area (Å²) in [6.45, 7) is 0.715. The van der Waals surface area contributed by atoms with E-state index in [0.29, 0.717) is 6.54 Å². The number of carboxylic acid groups (broad SMARTS) is 1. The van der Waals surface area contributed by atoms with Gasteiger partial charge < -0.3 is 15.5 Å². The van der Waals surface area contributed by atoms with Gasteiger partial charge in [0, 0.05) is 29.8 Å². The lowest BCUT2D eigenvalue weighted by Gasteiger charge is -2.03. The minimum atomic E-state index is -0.962. The molecule has 0 atom stereocenters. The van der Waals surface area contributed by atoms with Gasteiger partial charge in [-0.1, -0.05) is 24.3 Å². The van der Waals surface area contributed by atoms with E-state index in [-0.39, 0.29) is 6.61 Å². The highest BCUT2D eigenvalue weighted by molar-refractivity contribution is 7.15. The lowest BCUT2D eigenvalue weighted by Crippen LogP contribution is -2.21. The molecule has 1 aromatic heterocycles. The summed E-state index contributed by atoms with van der Waals surface area (Å²) < 4.78 is 0. The van der Waals surface area contributed by atoms with E-state index in [9.17, 15) is 4.79 Å². The number of aromatic nitrogens is 1. The van der Waals surface area contributed by atoms with Crippen molar-refractivity contribution in [2.75, 3.05) is 13.2 Å². The van der Waals surface area contributed by atoms with Crippen LogP contribution < -0.4 is 5.32 Å². The Balaban J connectivity index is 1.82. The third-order valence-corrected chi connectivity index (χ3v) is 4.61. The van der Waals surface area contributed by atoms with Gasteiger partial charge in [0.1, 0.15) is 5.01 Å². The predicted octanol–water partition coefficient (Wildman–Crippen LogP) is 3.33. The van der Waals surface area contributed by atoms with Crippen LogP contribution in [-0.2, 0) is 12.8 Å². The molecule has 2 rings (SSSR count). The second-order valence-corrected chi connectivity index (χ2v) is 6.46. The lowest BCUT2D eigenvalue weighted by molar-refractivity contribution is 0.194. The van der Waals surface area contributed by atoms with Crippen molar-refractivity contribution in [3.05, 3.63) is 40.9 Å². The molecule has 0 radical (unpaired) electrons. The first-order chi connectivity index (χ1) is 11.2. The van der Waals surface area contributed by atoms with Gasteiger partial charge in [-0.3, -0.25) is 0 Å². The molecule has 23 heavy (non-hydrogen) atoms. The van der Waals surface area contributed by atoms with E-state index in [1.165, 1.54) is 10.4 Å². The van der Waals surface area contributed by atoms with E-state index >= 15 is 0 Å². The average molecular weight is 334 g/mol. The summed E-state index contributed by atoms with van der Waals surface area (Å²) in [4.78, 5) is 16.0. The van der Waals surface area contributed by atoms with Crippen molar-refractivity contribution in [2.45, 2.75) is 32.1 Å². The number of rotatable bonds is 9. The molecular formula is C17H22N2O3S. The normalized spacial score (nSPS) is 10.7. The molecule has 0 unspecified atom stereocenters. The van der Waals surface area contributed by atoms with Gasteiger partial charge in [0.25, 0.3) is 0 Å². The molecule has 0 saturated carbocycles. The second-order valence-electron chi connectivity index (χ2n) is 5.34. The van der Waals surface area contributed by atoms with E-state index in [2.05, 4.69) is 34.6 Å². The molecule has 1 aromatic carbocycles. The molecule has 0 aliphatic heterocycles. The van der Waals surface area contributed by atoms with E-state index in [1.54, 1.807) is 11.3 Å². The minimum Gasteiger partial charge on any atom is -0.465 e. The fraction of sp³-hybridized carbons (Fsp3) is 0.412. The predicted molar refractivity (Wildman–Crippen MR) is 91.9 cm³/mol. The molecule has 0 bridgehead atoms. The topological polar surface area (TPSA) is 82.5 Å². The number of amides is 1. The van der Waals surface area contributed by atoms with E-state index in [0.717, 1.165) is 42.7 Å². The number of hydrogen-bond acceptors (Lipinski definition) is 4. The van der Waals surface area contributed by atoms with Crippen LogP contribution in [0.25, 0.3) is 10.6 Å². The maximum Gasteiger partial charge on any atom is 0.404 e. The van der Waals surface area contributed by atoms with Gasteiger partial charge in [0.2, 0.25) is 0 Å². The van der Waals surface area contributed by atoms with Gasteiger partial charge in [-0.2, -0.15) is 0 Å². The number of aryl methyl sites for hydroxylation is 2. The minimum absolute atomic E-state index is 0.212. The van der Waals surface area contributed by atoms with Crippen LogP contribution in [0, 0.1) is 0 Å². The molecule has 2 aromatic rings. The number of benzene rings is 1. The molecule has 124 valence electrons. The highest BCUT2D eigenvalue weighted by atomic mass is 32.1. The summed E-state index contributed by atoms with van der Waals surface area (Å²) in [5, 5.41) is 20.7. The third kappa shape index (κ3) is 6.00. The van der Waals surface area contributed by atoms with Crippen molar-refractivity contribution in [1.82, 2.24) is 10.3 Å². The maximum absolute atomic E-state index is 10.3. The summed E-state index contributed by atoms with van der Waals surface area (Å²) in [5.74, 6) is 0. The van der Waals surface area contributed by atoms with Gasteiger partial charge in [-0.25, -0.2) is 9.78 Å². The summed E-state index contributed by atoms with van der Waals surface area (Å²) in [5.41, 5.74) is 2.36. The van der Waals surface area contributed by atoms with Crippen LogP contribution in [0.2, 0.25) is 0 Å². The Morgan fingerprint density at radius 2 is 1.91 bits per heavy atom. The smallest absolute Gasteiger partial charge is 0.404 e. The number of aliphatic hydroxyl groups is 1. The maximum atomic E-state index is 10.3. The molecule has 0 fully saturated rings. The Morgan fingerprint density at radius 3 is 2.61 bits per heavy atom.